The normalized spacial score (nSPS) is 17.8. The first-order valence-corrected chi connectivity index (χ1v) is 6.51. The number of hydrogen-bond acceptors (Lipinski definition) is 4. The Morgan fingerprint density at radius 3 is 1.75 bits per heavy atom. The average molecular weight is 334 g/mol. The Bertz CT molecular complexity index is 242. The fourth-order valence-electron chi connectivity index (χ4n) is 1.38. The molecule has 0 bridgehead atoms. The highest BCUT2D eigenvalue weighted by Crippen LogP contribution is 2.36. The van der Waals surface area contributed by atoms with E-state index in [1.165, 1.54) is 0 Å². The van der Waals surface area contributed by atoms with Gasteiger partial charge in [-0.1, -0.05) is 23.2 Å². The Labute approximate surface area is 114 Å². The summed E-state index contributed by atoms with van der Waals surface area (Å²) in [4.78, 5) is 3.87. The fraction of sp³-hybridized carbons (Fsp3) is 0.778. The molecule has 1 heterocycles. The standard InChI is InChI=1S/C9H15BrCl2N2O2/c1-15-5-3-13-7(11)8(12)14(9(13)10)4-6-16-2/h9H,3-6H2,1-2H3. The third-order valence-electron chi connectivity index (χ3n) is 2.26. The number of alkyl halides is 1. The summed E-state index contributed by atoms with van der Waals surface area (Å²) in [7, 11) is 3.31. The first-order valence-electron chi connectivity index (χ1n) is 4.84. The lowest BCUT2D eigenvalue weighted by atomic mass is 10.6. The second kappa shape index (κ2) is 6.91. The molecule has 0 saturated carbocycles. The molecule has 0 radical (unpaired) electrons. The number of nitrogens with zero attached hydrogens (tertiary/aromatic N) is 2. The van der Waals surface area contributed by atoms with Gasteiger partial charge in [-0.2, -0.15) is 0 Å². The third kappa shape index (κ3) is 3.17. The van der Waals surface area contributed by atoms with E-state index in [0.717, 1.165) is 0 Å². The summed E-state index contributed by atoms with van der Waals surface area (Å²) in [5, 5.41) is 1.03. The summed E-state index contributed by atoms with van der Waals surface area (Å²) in [5.41, 5.74) is 0. The zero-order valence-corrected chi connectivity index (χ0v) is 12.3. The van der Waals surface area contributed by atoms with Crippen LogP contribution in [0.25, 0.3) is 0 Å². The van der Waals surface area contributed by atoms with Gasteiger partial charge in [-0.05, 0) is 15.9 Å². The minimum atomic E-state index is -0.0437. The highest BCUT2D eigenvalue weighted by Gasteiger charge is 2.34. The Kier molecular flexibility index (Phi) is 6.21. The van der Waals surface area contributed by atoms with Crippen LogP contribution >= 0.6 is 39.1 Å². The number of rotatable bonds is 6. The molecule has 1 rings (SSSR count). The molecule has 0 N–H and O–H groups in total. The predicted molar refractivity (Wildman–Crippen MR) is 68.6 cm³/mol. The quantitative estimate of drug-likeness (QED) is 0.549. The van der Waals surface area contributed by atoms with Gasteiger partial charge >= 0.3 is 0 Å². The lowest BCUT2D eigenvalue weighted by Crippen LogP contribution is -2.38. The van der Waals surface area contributed by atoms with Gasteiger partial charge in [0.2, 0.25) is 0 Å². The second-order valence-corrected chi connectivity index (χ2v) is 4.80. The van der Waals surface area contributed by atoms with Gasteiger partial charge in [0.1, 0.15) is 10.3 Å². The van der Waals surface area contributed by atoms with Crippen LogP contribution in [0.3, 0.4) is 0 Å². The van der Waals surface area contributed by atoms with E-state index in [0.29, 0.717) is 36.6 Å². The summed E-state index contributed by atoms with van der Waals surface area (Å²) < 4.78 is 10.0. The monoisotopic (exact) mass is 332 g/mol. The van der Waals surface area contributed by atoms with Gasteiger partial charge in [0.25, 0.3) is 0 Å². The molecule has 0 saturated heterocycles. The molecule has 16 heavy (non-hydrogen) atoms. The van der Waals surface area contributed by atoms with Crippen molar-refractivity contribution in [2.75, 3.05) is 40.5 Å². The molecular weight excluding hydrogens is 319 g/mol. The van der Waals surface area contributed by atoms with Gasteiger partial charge < -0.3 is 19.3 Å². The highest BCUT2D eigenvalue weighted by molar-refractivity contribution is 9.09. The molecular formula is C9H15BrCl2N2O2. The maximum Gasteiger partial charge on any atom is 0.161 e. The Morgan fingerprint density at radius 1 is 1.06 bits per heavy atom. The third-order valence-corrected chi connectivity index (χ3v) is 4.14. The molecule has 0 fully saturated rings. The topological polar surface area (TPSA) is 24.9 Å². The van der Waals surface area contributed by atoms with Crippen LogP contribution < -0.4 is 0 Å². The van der Waals surface area contributed by atoms with Crippen LogP contribution in [0.4, 0.5) is 0 Å². The van der Waals surface area contributed by atoms with Gasteiger partial charge in [0, 0.05) is 27.3 Å². The van der Waals surface area contributed by atoms with Crippen molar-refractivity contribution in [1.29, 1.82) is 0 Å². The van der Waals surface area contributed by atoms with Crippen LogP contribution in [0.2, 0.25) is 0 Å². The summed E-state index contributed by atoms with van der Waals surface area (Å²) >= 11 is 15.8. The van der Waals surface area contributed by atoms with E-state index in [-0.39, 0.29) is 5.08 Å². The Morgan fingerprint density at radius 2 is 1.44 bits per heavy atom. The van der Waals surface area contributed by atoms with E-state index in [9.17, 15) is 0 Å². The van der Waals surface area contributed by atoms with E-state index < -0.39 is 0 Å². The van der Waals surface area contributed by atoms with Crippen LogP contribution in [0, 0.1) is 0 Å². The van der Waals surface area contributed by atoms with Gasteiger partial charge in [-0.15, -0.1) is 0 Å². The molecule has 0 aliphatic carbocycles. The van der Waals surface area contributed by atoms with Crippen molar-refractivity contribution in [3.05, 3.63) is 10.3 Å². The van der Waals surface area contributed by atoms with E-state index in [2.05, 4.69) is 15.9 Å². The molecule has 7 heteroatoms. The van der Waals surface area contributed by atoms with Crippen molar-refractivity contribution < 1.29 is 9.47 Å². The minimum Gasteiger partial charge on any atom is -0.383 e. The molecule has 0 aromatic heterocycles. The zero-order chi connectivity index (χ0) is 12.1. The number of hydrogen-bond donors (Lipinski definition) is 0. The van der Waals surface area contributed by atoms with Crippen molar-refractivity contribution in [3.63, 3.8) is 0 Å². The van der Waals surface area contributed by atoms with Gasteiger partial charge in [-0.25, -0.2) is 0 Å². The molecule has 0 amide bonds. The van der Waals surface area contributed by atoms with Crippen LogP contribution in [0.5, 0.6) is 0 Å². The minimum absolute atomic E-state index is 0.0437. The second-order valence-electron chi connectivity index (χ2n) is 3.26. The molecule has 0 atom stereocenters. The summed E-state index contributed by atoms with van der Waals surface area (Å²) in [6.45, 7) is 2.57. The van der Waals surface area contributed by atoms with Crippen LogP contribution in [0.1, 0.15) is 0 Å². The summed E-state index contributed by atoms with van der Waals surface area (Å²) in [5.74, 6) is 0. The maximum absolute atomic E-state index is 6.14. The maximum atomic E-state index is 6.14. The lowest BCUT2D eigenvalue weighted by molar-refractivity contribution is 0.125. The van der Waals surface area contributed by atoms with E-state index in [1.807, 2.05) is 9.80 Å². The number of halogens is 3. The molecule has 0 unspecified atom stereocenters. The van der Waals surface area contributed by atoms with Gasteiger partial charge in [0.05, 0.1) is 13.2 Å². The molecule has 4 nitrogen and oxygen atoms in total. The average Bonchev–Trinajstić information content (AvgIpc) is 2.47. The molecule has 0 aromatic carbocycles. The summed E-state index contributed by atoms with van der Waals surface area (Å²) in [6, 6.07) is 0. The number of ether oxygens (including phenoxy) is 2. The summed E-state index contributed by atoms with van der Waals surface area (Å²) in [6.07, 6.45) is 0. The van der Waals surface area contributed by atoms with E-state index in [1.54, 1.807) is 14.2 Å². The van der Waals surface area contributed by atoms with E-state index in [4.69, 9.17) is 32.7 Å². The number of methoxy groups -OCH3 is 2. The van der Waals surface area contributed by atoms with Crippen molar-refractivity contribution in [2.45, 2.75) is 5.08 Å². The highest BCUT2D eigenvalue weighted by atomic mass is 79.9. The molecule has 1 aliphatic rings. The molecule has 0 spiro atoms. The first kappa shape index (κ1) is 14.4. The zero-order valence-electron chi connectivity index (χ0n) is 9.25. The smallest absolute Gasteiger partial charge is 0.161 e. The Balaban J connectivity index is 2.63. The fourth-order valence-corrected chi connectivity index (χ4v) is 3.01. The van der Waals surface area contributed by atoms with Gasteiger partial charge in [-0.3, -0.25) is 0 Å². The molecule has 1 aliphatic heterocycles. The molecule has 94 valence electrons. The van der Waals surface area contributed by atoms with Crippen molar-refractivity contribution in [2.24, 2.45) is 0 Å². The predicted octanol–water partition coefficient (Wildman–Crippen LogP) is 2.18. The molecule has 0 aromatic rings. The Hall–Kier alpha value is 0.320. The SMILES string of the molecule is COCCN1C(Cl)=C(Cl)N(CCOC)C1Br. The van der Waals surface area contributed by atoms with Crippen LogP contribution in [-0.4, -0.2) is 55.4 Å². The van der Waals surface area contributed by atoms with E-state index >= 15 is 0 Å². The van der Waals surface area contributed by atoms with Crippen molar-refractivity contribution in [3.8, 4) is 0 Å². The first-order chi connectivity index (χ1) is 7.63. The van der Waals surface area contributed by atoms with Crippen molar-refractivity contribution >= 4 is 39.1 Å². The van der Waals surface area contributed by atoms with Crippen LogP contribution in [-0.2, 0) is 9.47 Å². The lowest BCUT2D eigenvalue weighted by Gasteiger charge is -2.28. The van der Waals surface area contributed by atoms with Crippen LogP contribution in [0.15, 0.2) is 10.3 Å². The van der Waals surface area contributed by atoms with Crippen molar-refractivity contribution in [1.82, 2.24) is 9.80 Å². The largest absolute Gasteiger partial charge is 0.383 e. The van der Waals surface area contributed by atoms with Gasteiger partial charge in [0.15, 0.2) is 5.08 Å².